The van der Waals surface area contributed by atoms with Crippen molar-refractivity contribution >= 4 is 6.03 Å². The number of likely N-dealkylation sites (tertiary alicyclic amines) is 1. The number of ether oxygens (including phenoxy) is 2. The fourth-order valence-electron chi connectivity index (χ4n) is 3.92. The van der Waals surface area contributed by atoms with Gasteiger partial charge in [0.15, 0.2) is 0 Å². The number of nitrogens with zero attached hydrogens (tertiary/aromatic N) is 1. The average Bonchev–Trinajstić information content (AvgIpc) is 3.09. The second-order valence-corrected chi connectivity index (χ2v) is 7.56. The van der Waals surface area contributed by atoms with Crippen LogP contribution in [-0.2, 0) is 9.47 Å². The Morgan fingerprint density at radius 3 is 2.52 bits per heavy atom. The number of hydrogen-bond donors (Lipinski definition) is 1. The zero-order valence-electron chi connectivity index (χ0n) is 14.5. The van der Waals surface area contributed by atoms with E-state index in [2.05, 4.69) is 12.2 Å². The minimum absolute atomic E-state index is 0.127. The Morgan fingerprint density at radius 2 is 1.87 bits per heavy atom. The molecule has 5 nitrogen and oxygen atoms in total. The predicted octanol–water partition coefficient (Wildman–Crippen LogP) is 2.93. The molecule has 0 aromatic rings. The summed E-state index contributed by atoms with van der Waals surface area (Å²) in [5, 5.41) is 3.23. The van der Waals surface area contributed by atoms with Crippen molar-refractivity contribution in [1.29, 1.82) is 0 Å². The van der Waals surface area contributed by atoms with Crippen LogP contribution in [0, 0.1) is 5.92 Å². The van der Waals surface area contributed by atoms with Crippen LogP contribution in [-0.4, -0.2) is 55.5 Å². The highest BCUT2D eigenvalue weighted by Crippen LogP contribution is 2.24. The molecule has 1 unspecified atom stereocenters. The van der Waals surface area contributed by atoms with Crippen LogP contribution >= 0.6 is 0 Å². The molecule has 2 aliphatic heterocycles. The van der Waals surface area contributed by atoms with Crippen LogP contribution in [0.25, 0.3) is 0 Å². The van der Waals surface area contributed by atoms with E-state index in [9.17, 15) is 4.79 Å². The van der Waals surface area contributed by atoms with Gasteiger partial charge in [0.2, 0.25) is 0 Å². The van der Waals surface area contributed by atoms with E-state index in [0.717, 1.165) is 70.7 Å². The van der Waals surface area contributed by atoms with Crippen LogP contribution in [0.15, 0.2) is 0 Å². The lowest BCUT2D eigenvalue weighted by Crippen LogP contribution is -2.49. The molecule has 0 spiro atoms. The molecule has 132 valence electrons. The Labute approximate surface area is 140 Å². The molecule has 2 saturated heterocycles. The Morgan fingerprint density at radius 1 is 1.13 bits per heavy atom. The number of hydrogen-bond acceptors (Lipinski definition) is 3. The summed E-state index contributed by atoms with van der Waals surface area (Å²) >= 11 is 0. The molecule has 0 radical (unpaired) electrons. The van der Waals surface area contributed by atoms with E-state index in [1.54, 1.807) is 0 Å². The third-order valence-electron chi connectivity index (χ3n) is 5.61. The number of piperidine rings is 1. The molecule has 2 amide bonds. The number of carbonyl (C=O) groups is 1. The van der Waals surface area contributed by atoms with Gasteiger partial charge in [-0.1, -0.05) is 6.92 Å². The van der Waals surface area contributed by atoms with E-state index >= 15 is 0 Å². The topological polar surface area (TPSA) is 50.8 Å². The fraction of sp³-hybridized carbons (Fsp3) is 0.944. The van der Waals surface area contributed by atoms with E-state index in [1.807, 2.05) is 4.90 Å². The number of amides is 2. The van der Waals surface area contributed by atoms with Gasteiger partial charge in [-0.3, -0.25) is 0 Å². The molecule has 3 fully saturated rings. The van der Waals surface area contributed by atoms with E-state index in [4.69, 9.17) is 9.47 Å². The Hall–Kier alpha value is -0.810. The van der Waals surface area contributed by atoms with Gasteiger partial charge in [-0.2, -0.15) is 0 Å². The average molecular weight is 324 g/mol. The fourth-order valence-corrected chi connectivity index (χ4v) is 3.92. The smallest absolute Gasteiger partial charge is 0.317 e. The molecule has 2 heterocycles. The van der Waals surface area contributed by atoms with E-state index < -0.39 is 0 Å². The quantitative estimate of drug-likeness (QED) is 0.865. The van der Waals surface area contributed by atoms with Crippen molar-refractivity contribution in [2.24, 2.45) is 5.92 Å². The van der Waals surface area contributed by atoms with E-state index in [0.29, 0.717) is 18.2 Å². The first-order valence-corrected chi connectivity index (χ1v) is 9.49. The third kappa shape index (κ3) is 5.08. The highest BCUT2D eigenvalue weighted by atomic mass is 16.5. The molecule has 23 heavy (non-hydrogen) atoms. The summed E-state index contributed by atoms with van der Waals surface area (Å²) in [6.45, 7) is 5.53. The van der Waals surface area contributed by atoms with Gasteiger partial charge in [0.05, 0.1) is 18.8 Å². The highest BCUT2D eigenvalue weighted by molar-refractivity contribution is 5.74. The second-order valence-electron chi connectivity index (χ2n) is 7.56. The summed E-state index contributed by atoms with van der Waals surface area (Å²) in [6, 6.07) is 0.509. The lowest BCUT2D eigenvalue weighted by Gasteiger charge is -2.34. The Bertz CT molecular complexity index is 368. The van der Waals surface area contributed by atoms with Gasteiger partial charge in [-0.25, -0.2) is 4.79 Å². The molecule has 1 N–H and O–H groups in total. The summed E-state index contributed by atoms with van der Waals surface area (Å²) in [6.07, 6.45) is 9.51. The normalized spacial score (nSPS) is 32.9. The zero-order valence-corrected chi connectivity index (χ0v) is 14.5. The lowest BCUT2D eigenvalue weighted by molar-refractivity contribution is -0.0382. The van der Waals surface area contributed by atoms with Crippen LogP contribution in [0.4, 0.5) is 4.79 Å². The predicted molar refractivity (Wildman–Crippen MR) is 89.5 cm³/mol. The van der Waals surface area contributed by atoms with Gasteiger partial charge in [0, 0.05) is 25.7 Å². The van der Waals surface area contributed by atoms with Gasteiger partial charge in [-0.15, -0.1) is 0 Å². The molecule has 1 atom stereocenters. The number of urea groups is 1. The molecular formula is C18H32N2O3. The number of rotatable bonds is 4. The molecule has 0 bridgehead atoms. The van der Waals surface area contributed by atoms with E-state index in [1.165, 1.54) is 12.8 Å². The van der Waals surface area contributed by atoms with Gasteiger partial charge in [-0.05, 0) is 57.3 Å². The van der Waals surface area contributed by atoms with Gasteiger partial charge in [0.1, 0.15) is 0 Å². The monoisotopic (exact) mass is 324 g/mol. The SMILES string of the molecule is CC1CCC(NC(=O)N2CCC(OCC3CCCO3)CC2)CC1. The molecule has 3 aliphatic rings. The molecule has 1 saturated carbocycles. The van der Waals surface area contributed by atoms with Crippen LogP contribution in [0.2, 0.25) is 0 Å². The lowest BCUT2D eigenvalue weighted by atomic mass is 9.87. The van der Waals surface area contributed by atoms with Crippen LogP contribution in [0.3, 0.4) is 0 Å². The molecule has 1 aliphatic carbocycles. The van der Waals surface area contributed by atoms with Crippen molar-refractivity contribution in [1.82, 2.24) is 10.2 Å². The summed E-state index contributed by atoms with van der Waals surface area (Å²) in [4.78, 5) is 14.3. The first-order chi connectivity index (χ1) is 11.2. The summed E-state index contributed by atoms with van der Waals surface area (Å²) in [7, 11) is 0. The van der Waals surface area contributed by atoms with Gasteiger partial charge in [0.25, 0.3) is 0 Å². The number of carbonyl (C=O) groups excluding carboxylic acids is 1. The van der Waals surface area contributed by atoms with Crippen molar-refractivity contribution in [3.63, 3.8) is 0 Å². The maximum absolute atomic E-state index is 12.4. The molecule has 3 rings (SSSR count). The van der Waals surface area contributed by atoms with Crippen molar-refractivity contribution in [3.8, 4) is 0 Å². The minimum atomic E-state index is 0.127. The maximum Gasteiger partial charge on any atom is 0.317 e. The zero-order chi connectivity index (χ0) is 16.1. The standard InChI is InChI=1S/C18H32N2O3/c1-14-4-6-15(7-5-14)19-18(21)20-10-8-16(9-11-20)23-13-17-3-2-12-22-17/h14-17H,2-13H2,1H3,(H,19,21). The van der Waals surface area contributed by atoms with Crippen molar-refractivity contribution in [2.45, 2.75) is 76.5 Å². The van der Waals surface area contributed by atoms with Crippen molar-refractivity contribution in [3.05, 3.63) is 0 Å². The maximum atomic E-state index is 12.4. The van der Waals surface area contributed by atoms with Crippen LogP contribution < -0.4 is 5.32 Å². The van der Waals surface area contributed by atoms with E-state index in [-0.39, 0.29) is 6.03 Å². The summed E-state index contributed by atoms with van der Waals surface area (Å²) in [5.41, 5.74) is 0. The Balaban J connectivity index is 1.32. The van der Waals surface area contributed by atoms with Gasteiger partial charge >= 0.3 is 6.03 Å². The molecule has 0 aromatic carbocycles. The minimum Gasteiger partial charge on any atom is -0.376 e. The van der Waals surface area contributed by atoms with Crippen LogP contribution in [0.1, 0.15) is 58.3 Å². The first-order valence-electron chi connectivity index (χ1n) is 9.49. The third-order valence-corrected chi connectivity index (χ3v) is 5.61. The number of nitrogens with one attached hydrogen (secondary N) is 1. The van der Waals surface area contributed by atoms with Crippen LogP contribution in [0.5, 0.6) is 0 Å². The van der Waals surface area contributed by atoms with Crippen molar-refractivity contribution < 1.29 is 14.3 Å². The highest BCUT2D eigenvalue weighted by Gasteiger charge is 2.27. The molecular weight excluding hydrogens is 292 g/mol. The summed E-state index contributed by atoms with van der Waals surface area (Å²) < 4.78 is 11.6. The Kier molecular flexibility index (Phi) is 6.17. The van der Waals surface area contributed by atoms with Gasteiger partial charge < -0.3 is 19.7 Å². The second kappa shape index (κ2) is 8.34. The first kappa shape index (κ1) is 17.0. The largest absolute Gasteiger partial charge is 0.376 e. The summed E-state index contributed by atoms with van der Waals surface area (Å²) in [5.74, 6) is 0.819. The molecule has 0 aromatic heterocycles. The molecule has 5 heteroatoms. The van der Waals surface area contributed by atoms with Crippen molar-refractivity contribution in [2.75, 3.05) is 26.3 Å².